The van der Waals surface area contributed by atoms with Crippen LogP contribution in [0.3, 0.4) is 0 Å². The number of guanidine groups is 1. The summed E-state index contributed by atoms with van der Waals surface area (Å²) in [5, 5.41) is 7.08. The van der Waals surface area contributed by atoms with Crippen LogP contribution in [0.25, 0.3) is 0 Å². The topological polar surface area (TPSA) is 80.0 Å². The fraction of sp³-hybridized carbons (Fsp3) is 0.615. The molecule has 7 nitrogen and oxygen atoms in total. The van der Waals surface area contributed by atoms with Crippen LogP contribution in [0, 0.1) is 5.92 Å². The summed E-state index contributed by atoms with van der Waals surface area (Å²) in [6.45, 7) is 2.15. The van der Waals surface area contributed by atoms with Crippen LogP contribution in [0.2, 0.25) is 0 Å². The minimum Gasteiger partial charge on any atom is -0.469 e. The molecule has 0 spiro atoms. The first-order valence-electron chi connectivity index (χ1n) is 6.67. The second-order valence-corrected chi connectivity index (χ2v) is 4.68. The molecule has 21 heavy (non-hydrogen) atoms. The molecule has 1 N–H and O–H groups in total. The Bertz CT molecular complexity index is 456. The number of hydrogen-bond acceptors (Lipinski definition) is 5. The van der Waals surface area contributed by atoms with E-state index in [-0.39, 0.29) is 35.9 Å². The van der Waals surface area contributed by atoms with E-state index in [0.29, 0.717) is 6.54 Å². The number of nitrogens with one attached hydrogen (secondary N) is 1. The number of carbonyl (C=O) groups is 1. The number of aromatic nitrogens is 1. The van der Waals surface area contributed by atoms with E-state index in [4.69, 9.17) is 9.26 Å². The molecule has 118 valence electrons. The highest BCUT2D eigenvalue weighted by atomic mass is 127. The average molecular weight is 408 g/mol. The summed E-state index contributed by atoms with van der Waals surface area (Å²) in [6.07, 6.45) is 3.12. The van der Waals surface area contributed by atoms with Gasteiger partial charge in [-0.2, -0.15) is 0 Å². The van der Waals surface area contributed by atoms with Crippen molar-refractivity contribution in [2.45, 2.75) is 19.4 Å². The molecule has 1 saturated heterocycles. The van der Waals surface area contributed by atoms with Crippen LogP contribution in [0.1, 0.15) is 18.5 Å². The van der Waals surface area contributed by atoms with Crippen LogP contribution in [-0.4, -0.2) is 49.2 Å². The van der Waals surface area contributed by atoms with Crippen LogP contribution >= 0.6 is 24.0 Å². The molecule has 0 amide bonds. The van der Waals surface area contributed by atoms with Crippen LogP contribution in [0.5, 0.6) is 0 Å². The number of esters is 1. The molecule has 1 fully saturated rings. The van der Waals surface area contributed by atoms with Gasteiger partial charge in [0.1, 0.15) is 12.0 Å². The number of rotatable bonds is 3. The highest BCUT2D eigenvalue weighted by molar-refractivity contribution is 14.0. The largest absolute Gasteiger partial charge is 0.469 e. The molecule has 1 aromatic rings. The third-order valence-electron chi connectivity index (χ3n) is 3.46. The maximum Gasteiger partial charge on any atom is 0.308 e. The Morgan fingerprint density at radius 3 is 2.81 bits per heavy atom. The van der Waals surface area contributed by atoms with E-state index >= 15 is 0 Å². The molecule has 0 atom stereocenters. The SMILES string of the molecule is CN=C(NCc1ccon1)N1CCC(C(=O)OC)CC1.I. The molecule has 0 unspecified atom stereocenters. The molecule has 1 aliphatic heterocycles. The van der Waals surface area contributed by atoms with Crippen molar-refractivity contribution in [1.29, 1.82) is 0 Å². The number of methoxy groups -OCH3 is 1. The van der Waals surface area contributed by atoms with Gasteiger partial charge in [0.25, 0.3) is 0 Å². The second-order valence-electron chi connectivity index (χ2n) is 4.68. The van der Waals surface area contributed by atoms with Crippen molar-refractivity contribution in [2.24, 2.45) is 10.9 Å². The molecule has 0 radical (unpaired) electrons. The van der Waals surface area contributed by atoms with Gasteiger partial charge in [-0.05, 0) is 12.8 Å². The lowest BCUT2D eigenvalue weighted by Crippen LogP contribution is -2.46. The zero-order chi connectivity index (χ0) is 14.4. The average Bonchev–Trinajstić information content (AvgIpc) is 3.01. The maximum absolute atomic E-state index is 11.5. The fourth-order valence-electron chi connectivity index (χ4n) is 2.32. The van der Waals surface area contributed by atoms with Gasteiger partial charge >= 0.3 is 5.97 Å². The number of piperidine rings is 1. The molecule has 0 bridgehead atoms. The Labute approximate surface area is 141 Å². The molecule has 1 aliphatic rings. The first-order valence-corrected chi connectivity index (χ1v) is 6.67. The lowest BCUT2D eigenvalue weighted by Gasteiger charge is -2.33. The highest BCUT2D eigenvalue weighted by Gasteiger charge is 2.26. The van der Waals surface area contributed by atoms with Crippen molar-refractivity contribution in [3.05, 3.63) is 18.0 Å². The summed E-state index contributed by atoms with van der Waals surface area (Å²) >= 11 is 0. The third-order valence-corrected chi connectivity index (χ3v) is 3.46. The van der Waals surface area contributed by atoms with E-state index in [1.807, 2.05) is 6.07 Å². The normalized spacial score (nSPS) is 16.3. The van der Waals surface area contributed by atoms with Crippen molar-refractivity contribution < 1.29 is 14.1 Å². The Morgan fingerprint density at radius 2 is 2.29 bits per heavy atom. The second kappa shape index (κ2) is 8.85. The minimum absolute atomic E-state index is 0. The Kier molecular flexibility index (Phi) is 7.48. The third kappa shape index (κ3) is 4.87. The van der Waals surface area contributed by atoms with Crippen molar-refractivity contribution in [3.63, 3.8) is 0 Å². The van der Waals surface area contributed by atoms with E-state index < -0.39 is 0 Å². The van der Waals surface area contributed by atoms with E-state index in [1.165, 1.54) is 7.11 Å². The number of aliphatic imine (C=N–C) groups is 1. The van der Waals surface area contributed by atoms with Gasteiger partial charge in [0, 0.05) is 26.2 Å². The molecule has 1 aromatic heterocycles. The van der Waals surface area contributed by atoms with Crippen LogP contribution in [0.15, 0.2) is 21.8 Å². The first kappa shape index (κ1) is 17.7. The lowest BCUT2D eigenvalue weighted by atomic mass is 9.97. The number of carbonyl (C=O) groups excluding carboxylic acids is 1. The van der Waals surface area contributed by atoms with Gasteiger partial charge in [-0.3, -0.25) is 9.79 Å². The van der Waals surface area contributed by atoms with E-state index in [1.54, 1.807) is 13.3 Å². The van der Waals surface area contributed by atoms with Gasteiger partial charge in [0.2, 0.25) is 0 Å². The molecule has 0 aliphatic carbocycles. The Hall–Kier alpha value is -1.32. The molecule has 2 rings (SSSR count). The number of hydrogen-bond donors (Lipinski definition) is 1. The van der Waals surface area contributed by atoms with Crippen LogP contribution in [0.4, 0.5) is 0 Å². The van der Waals surface area contributed by atoms with Crippen molar-refractivity contribution >= 4 is 35.9 Å². The zero-order valence-corrected chi connectivity index (χ0v) is 14.6. The van der Waals surface area contributed by atoms with Crippen molar-refractivity contribution in [3.8, 4) is 0 Å². The fourth-order valence-corrected chi connectivity index (χ4v) is 2.32. The van der Waals surface area contributed by atoms with E-state index in [0.717, 1.165) is 37.6 Å². The first-order chi connectivity index (χ1) is 9.74. The quantitative estimate of drug-likeness (QED) is 0.351. The van der Waals surface area contributed by atoms with Gasteiger partial charge in [0.15, 0.2) is 5.96 Å². The molecule has 2 heterocycles. The number of likely N-dealkylation sites (tertiary alicyclic amines) is 1. The zero-order valence-electron chi connectivity index (χ0n) is 12.2. The summed E-state index contributed by atoms with van der Waals surface area (Å²) in [7, 11) is 3.19. The number of halogens is 1. The molecular formula is C13H21IN4O3. The van der Waals surface area contributed by atoms with Gasteiger partial charge in [-0.25, -0.2) is 0 Å². The predicted molar refractivity (Wildman–Crippen MR) is 88.4 cm³/mol. The van der Waals surface area contributed by atoms with Crippen molar-refractivity contribution in [1.82, 2.24) is 15.4 Å². The van der Waals surface area contributed by atoms with E-state index in [9.17, 15) is 4.79 Å². The van der Waals surface area contributed by atoms with Crippen LogP contribution in [-0.2, 0) is 16.1 Å². The number of nitrogens with zero attached hydrogens (tertiary/aromatic N) is 3. The smallest absolute Gasteiger partial charge is 0.308 e. The standard InChI is InChI=1S/C13H20N4O3.HI/c1-14-13(15-9-11-5-8-20-16-11)17-6-3-10(4-7-17)12(18)19-2;/h5,8,10H,3-4,6-7,9H2,1-2H3,(H,14,15);1H. The van der Waals surface area contributed by atoms with Gasteiger partial charge < -0.3 is 19.5 Å². The van der Waals surface area contributed by atoms with Gasteiger partial charge in [-0.15, -0.1) is 24.0 Å². The maximum atomic E-state index is 11.5. The number of ether oxygens (including phenoxy) is 1. The highest BCUT2D eigenvalue weighted by Crippen LogP contribution is 2.18. The summed E-state index contributed by atoms with van der Waals surface area (Å²) in [4.78, 5) is 17.9. The summed E-state index contributed by atoms with van der Waals surface area (Å²) in [6, 6.07) is 1.81. The lowest BCUT2D eigenvalue weighted by molar-refractivity contribution is -0.146. The summed E-state index contributed by atoms with van der Waals surface area (Å²) in [5.74, 6) is 0.705. The summed E-state index contributed by atoms with van der Waals surface area (Å²) < 4.78 is 9.57. The summed E-state index contributed by atoms with van der Waals surface area (Å²) in [5.41, 5.74) is 0.829. The Balaban J connectivity index is 0.00000220. The predicted octanol–water partition coefficient (Wildman–Crippen LogP) is 1.25. The molecule has 0 aromatic carbocycles. The van der Waals surface area contributed by atoms with E-state index in [2.05, 4.69) is 20.4 Å². The molecular weight excluding hydrogens is 387 g/mol. The molecule has 0 saturated carbocycles. The monoisotopic (exact) mass is 408 g/mol. The van der Waals surface area contributed by atoms with Crippen LogP contribution < -0.4 is 5.32 Å². The Morgan fingerprint density at radius 1 is 1.57 bits per heavy atom. The van der Waals surface area contributed by atoms with Crippen molar-refractivity contribution in [2.75, 3.05) is 27.2 Å². The molecule has 8 heteroatoms. The van der Waals surface area contributed by atoms with Gasteiger partial charge in [-0.1, -0.05) is 5.16 Å². The van der Waals surface area contributed by atoms with Gasteiger partial charge in [0.05, 0.1) is 19.6 Å². The minimum atomic E-state index is -0.116.